The van der Waals surface area contributed by atoms with Crippen LogP contribution in [0.15, 0.2) is 18.2 Å². The van der Waals surface area contributed by atoms with Crippen molar-refractivity contribution in [2.75, 3.05) is 11.1 Å². The summed E-state index contributed by atoms with van der Waals surface area (Å²) in [5.74, 6) is 1.89. The van der Waals surface area contributed by atoms with Gasteiger partial charge in [-0.05, 0) is 25.5 Å². The fourth-order valence-corrected chi connectivity index (χ4v) is 2.17. The molecule has 112 valence electrons. The van der Waals surface area contributed by atoms with E-state index in [0.29, 0.717) is 22.5 Å². The number of anilines is 3. The molecule has 4 nitrogen and oxygen atoms in total. The molecule has 1 heterocycles. The highest BCUT2D eigenvalue weighted by molar-refractivity contribution is 6.33. The topological polar surface area (TPSA) is 63.8 Å². The number of halogens is 1. The molecule has 0 radical (unpaired) electrons. The zero-order valence-corrected chi connectivity index (χ0v) is 13.8. The van der Waals surface area contributed by atoms with E-state index < -0.39 is 0 Å². The average molecular weight is 305 g/mol. The van der Waals surface area contributed by atoms with Gasteiger partial charge in [0.1, 0.15) is 17.5 Å². The Kier molecular flexibility index (Phi) is 4.10. The van der Waals surface area contributed by atoms with Crippen molar-refractivity contribution in [1.82, 2.24) is 9.97 Å². The molecule has 1 aromatic carbocycles. The van der Waals surface area contributed by atoms with Gasteiger partial charge in [-0.3, -0.25) is 0 Å². The van der Waals surface area contributed by atoms with Crippen LogP contribution in [-0.2, 0) is 5.41 Å². The molecule has 0 spiro atoms. The van der Waals surface area contributed by atoms with E-state index >= 15 is 0 Å². The number of rotatable bonds is 2. The first-order chi connectivity index (χ1) is 9.70. The quantitative estimate of drug-likeness (QED) is 0.864. The highest BCUT2D eigenvalue weighted by Crippen LogP contribution is 2.31. The van der Waals surface area contributed by atoms with Crippen molar-refractivity contribution in [3.8, 4) is 0 Å². The van der Waals surface area contributed by atoms with Gasteiger partial charge in [0.05, 0.1) is 10.7 Å². The number of nitrogen functional groups attached to an aromatic ring is 1. The standard InChI is InChI=1S/C16H21ClN4/c1-9-7-6-8-11(17)12(9)19-14-10(2)13(18)20-15(21-14)16(3,4)5/h6-8H,1-5H3,(H3,18,19,20,21). The molecule has 0 fully saturated rings. The summed E-state index contributed by atoms with van der Waals surface area (Å²) in [6.45, 7) is 10.1. The van der Waals surface area contributed by atoms with Crippen LogP contribution in [0.4, 0.5) is 17.3 Å². The average Bonchev–Trinajstić information content (AvgIpc) is 2.37. The van der Waals surface area contributed by atoms with Gasteiger partial charge in [0.25, 0.3) is 0 Å². The molecular weight excluding hydrogens is 284 g/mol. The molecule has 0 unspecified atom stereocenters. The van der Waals surface area contributed by atoms with Gasteiger partial charge in [0.2, 0.25) is 0 Å². The first-order valence-corrected chi connectivity index (χ1v) is 7.24. The third-order valence-corrected chi connectivity index (χ3v) is 3.63. The Balaban J connectivity index is 2.52. The Bertz CT molecular complexity index is 654. The number of aromatic nitrogens is 2. The van der Waals surface area contributed by atoms with Gasteiger partial charge in [-0.15, -0.1) is 0 Å². The number of nitrogens with zero attached hydrogens (tertiary/aromatic N) is 2. The molecule has 0 aliphatic carbocycles. The maximum absolute atomic E-state index is 6.26. The van der Waals surface area contributed by atoms with Crippen LogP contribution < -0.4 is 11.1 Å². The Morgan fingerprint density at radius 1 is 1.14 bits per heavy atom. The summed E-state index contributed by atoms with van der Waals surface area (Å²) in [5.41, 5.74) is 8.57. The molecule has 21 heavy (non-hydrogen) atoms. The SMILES string of the molecule is Cc1cccc(Cl)c1Nc1nc(C(C)(C)C)nc(N)c1C. The number of aryl methyl sites for hydroxylation is 1. The predicted molar refractivity (Wildman–Crippen MR) is 89.4 cm³/mol. The van der Waals surface area contributed by atoms with E-state index in [1.165, 1.54) is 0 Å². The van der Waals surface area contributed by atoms with Gasteiger partial charge in [0.15, 0.2) is 0 Å². The fraction of sp³-hybridized carbons (Fsp3) is 0.375. The van der Waals surface area contributed by atoms with E-state index in [0.717, 1.165) is 16.8 Å². The maximum atomic E-state index is 6.26. The van der Waals surface area contributed by atoms with Gasteiger partial charge in [-0.1, -0.05) is 44.5 Å². The fourth-order valence-electron chi connectivity index (χ4n) is 1.90. The lowest BCUT2D eigenvalue weighted by atomic mass is 9.95. The molecule has 0 saturated heterocycles. The summed E-state index contributed by atoms with van der Waals surface area (Å²) in [7, 11) is 0. The maximum Gasteiger partial charge on any atom is 0.139 e. The smallest absolute Gasteiger partial charge is 0.139 e. The number of benzene rings is 1. The molecule has 0 saturated carbocycles. The van der Waals surface area contributed by atoms with Crippen LogP contribution in [0.1, 0.15) is 37.7 Å². The lowest BCUT2D eigenvalue weighted by Gasteiger charge is -2.20. The van der Waals surface area contributed by atoms with Gasteiger partial charge < -0.3 is 11.1 Å². The van der Waals surface area contributed by atoms with Crippen molar-refractivity contribution in [3.63, 3.8) is 0 Å². The highest BCUT2D eigenvalue weighted by atomic mass is 35.5. The Morgan fingerprint density at radius 2 is 1.81 bits per heavy atom. The molecule has 3 N–H and O–H groups in total. The van der Waals surface area contributed by atoms with Crippen molar-refractivity contribution < 1.29 is 0 Å². The van der Waals surface area contributed by atoms with Gasteiger partial charge in [0, 0.05) is 11.0 Å². The molecule has 0 atom stereocenters. The van der Waals surface area contributed by atoms with E-state index in [2.05, 4.69) is 36.1 Å². The van der Waals surface area contributed by atoms with Crippen molar-refractivity contribution >= 4 is 28.9 Å². The molecule has 0 amide bonds. The Labute approximate surface area is 130 Å². The Morgan fingerprint density at radius 3 is 2.38 bits per heavy atom. The summed E-state index contributed by atoms with van der Waals surface area (Å²) in [6.07, 6.45) is 0. The van der Waals surface area contributed by atoms with E-state index in [-0.39, 0.29) is 5.41 Å². The predicted octanol–water partition coefficient (Wildman–Crippen LogP) is 4.37. The zero-order valence-electron chi connectivity index (χ0n) is 13.1. The van der Waals surface area contributed by atoms with Crippen LogP contribution >= 0.6 is 11.6 Å². The van der Waals surface area contributed by atoms with Crippen LogP contribution in [0.2, 0.25) is 5.02 Å². The van der Waals surface area contributed by atoms with E-state index in [9.17, 15) is 0 Å². The molecule has 0 bridgehead atoms. The number of nitrogens with two attached hydrogens (primary N) is 1. The minimum atomic E-state index is -0.173. The van der Waals surface area contributed by atoms with Crippen LogP contribution in [0, 0.1) is 13.8 Å². The molecule has 0 aliphatic heterocycles. The normalized spacial score (nSPS) is 11.5. The summed E-state index contributed by atoms with van der Waals surface area (Å²) >= 11 is 6.26. The zero-order chi connectivity index (χ0) is 15.8. The third-order valence-electron chi connectivity index (χ3n) is 3.32. The first-order valence-electron chi connectivity index (χ1n) is 6.87. The van der Waals surface area contributed by atoms with Crippen LogP contribution in [0.5, 0.6) is 0 Å². The monoisotopic (exact) mass is 304 g/mol. The van der Waals surface area contributed by atoms with Crippen LogP contribution in [0.25, 0.3) is 0 Å². The van der Waals surface area contributed by atoms with Crippen molar-refractivity contribution in [2.45, 2.75) is 40.0 Å². The minimum Gasteiger partial charge on any atom is -0.383 e. The van der Waals surface area contributed by atoms with Crippen molar-refractivity contribution in [3.05, 3.63) is 40.2 Å². The molecule has 1 aromatic heterocycles. The van der Waals surface area contributed by atoms with Crippen molar-refractivity contribution in [2.24, 2.45) is 0 Å². The van der Waals surface area contributed by atoms with E-state index in [1.54, 1.807) is 0 Å². The van der Waals surface area contributed by atoms with Gasteiger partial charge in [-0.25, -0.2) is 9.97 Å². The van der Waals surface area contributed by atoms with E-state index in [4.69, 9.17) is 17.3 Å². The van der Waals surface area contributed by atoms with Crippen LogP contribution in [0.3, 0.4) is 0 Å². The largest absolute Gasteiger partial charge is 0.383 e. The van der Waals surface area contributed by atoms with Crippen molar-refractivity contribution in [1.29, 1.82) is 0 Å². The number of hydrogen-bond donors (Lipinski definition) is 2. The number of nitrogens with one attached hydrogen (secondary N) is 1. The molecule has 0 aliphatic rings. The lowest BCUT2D eigenvalue weighted by Crippen LogP contribution is -2.19. The number of para-hydroxylation sites is 1. The third kappa shape index (κ3) is 3.27. The summed E-state index contributed by atoms with van der Waals surface area (Å²) in [6, 6.07) is 5.77. The van der Waals surface area contributed by atoms with Gasteiger partial charge in [-0.2, -0.15) is 0 Å². The molecule has 2 aromatic rings. The second-order valence-electron chi connectivity index (χ2n) is 6.21. The lowest BCUT2D eigenvalue weighted by molar-refractivity contribution is 0.546. The first kappa shape index (κ1) is 15.6. The summed E-state index contributed by atoms with van der Waals surface area (Å²) in [4.78, 5) is 9.01. The second kappa shape index (κ2) is 5.53. The molecule has 5 heteroatoms. The highest BCUT2D eigenvalue weighted by Gasteiger charge is 2.21. The molecular formula is C16H21ClN4. The van der Waals surface area contributed by atoms with Gasteiger partial charge >= 0.3 is 0 Å². The number of hydrogen-bond acceptors (Lipinski definition) is 4. The second-order valence-corrected chi connectivity index (χ2v) is 6.62. The Hall–Kier alpha value is -1.81. The van der Waals surface area contributed by atoms with Crippen LogP contribution in [-0.4, -0.2) is 9.97 Å². The summed E-state index contributed by atoms with van der Waals surface area (Å²) < 4.78 is 0. The molecule has 2 rings (SSSR count). The van der Waals surface area contributed by atoms with E-state index in [1.807, 2.05) is 32.0 Å². The summed E-state index contributed by atoms with van der Waals surface area (Å²) in [5, 5.41) is 3.96. The minimum absolute atomic E-state index is 0.173.